The monoisotopic (exact) mass is 241 g/mol. The molecule has 0 spiro atoms. The minimum absolute atomic E-state index is 0.148. The molecule has 13 heavy (non-hydrogen) atoms. The van der Waals surface area contributed by atoms with Crippen LogP contribution in [0.3, 0.4) is 0 Å². The first-order valence-corrected chi connectivity index (χ1v) is 5.30. The predicted octanol–water partition coefficient (Wildman–Crippen LogP) is 2.16. The van der Waals surface area contributed by atoms with E-state index in [1.54, 1.807) is 0 Å². The second-order valence-electron chi connectivity index (χ2n) is 2.86. The number of halogens is 1. The Kier molecular flexibility index (Phi) is 2.64. The lowest BCUT2D eigenvalue weighted by atomic mass is 10.2. The van der Waals surface area contributed by atoms with E-state index in [0.29, 0.717) is 12.6 Å². The highest BCUT2D eigenvalue weighted by Crippen LogP contribution is 2.12. The fourth-order valence-electron chi connectivity index (χ4n) is 1.19. The van der Waals surface area contributed by atoms with Crippen molar-refractivity contribution in [1.29, 1.82) is 0 Å². The van der Waals surface area contributed by atoms with E-state index in [-0.39, 0.29) is 6.10 Å². The first-order chi connectivity index (χ1) is 6.40. The molecule has 0 bridgehead atoms. The summed E-state index contributed by atoms with van der Waals surface area (Å²) < 4.78 is 11.0. The van der Waals surface area contributed by atoms with Crippen molar-refractivity contribution >= 4 is 21.9 Å². The van der Waals surface area contributed by atoms with E-state index in [4.69, 9.17) is 9.16 Å². The zero-order valence-corrected chi connectivity index (χ0v) is 8.66. The fourth-order valence-corrected chi connectivity index (χ4v) is 1.51. The molecule has 2 nitrogen and oxygen atoms in total. The summed E-state index contributed by atoms with van der Waals surface area (Å²) in [5, 5.41) is 0.809. The fraction of sp³-hybridized carbons (Fsp3) is 0.300. The number of carbonyl (C=O) groups excluding carboxylic acids is 1. The molecule has 1 aliphatic heterocycles. The lowest BCUT2D eigenvalue weighted by Crippen LogP contribution is -2.14. The van der Waals surface area contributed by atoms with Gasteiger partial charge in [0.25, 0.3) is 6.10 Å². The summed E-state index contributed by atoms with van der Waals surface area (Å²) >= 11 is 3.36. The van der Waals surface area contributed by atoms with E-state index in [0.717, 1.165) is 10.9 Å². The first kappa shape index (κ1) is 8.75. The normalized spacial score (nSPS) is 21.0. The van der Waals surface area contributed by atoms with E-state index < -0.39 is 0 Å². The van der Waals surface area contributed by atoms with Crippen LogP contribution in [0.5, 0.6) is 0 Å². The highest BCUT2D eigenvalue weighted by atomic mass is 79.9. The standard InChI is InChI=1S/C10H10BrO2/c11-6-9-7-12-10(13-9)8-4-2-1-3-5-8/h1-5,9H,6-7H2/q+1. The van der Waals surface area contributed by atoms with Crippen molar-refractivity contribution in [3.8, 4) is 0 Å². The lowest BCUT2D eigenvalue weighted by Gasteiger charge is -1.93. The van der Waals surface area contributed by atoms with Crippen LogP contribution < -0.4 is 0 Å². The van der Waals surface area contributed by atoms with E-state index >= 15 is 0 Å². The molecule has 0 N–H and O–H groups in total. The third-order valence-corrected chi connectivity index (χ3v) is 2.58. The van der Waals surface area contributed by atoms with Crippen LogP contribution in [0.1, 0.15) is 9.99 Å². The zero-order valence-electron chi connectivity index (χ0n) is 7.07. The summed E-state index contributed by atoms with van der Waals surface area (Å²) in [6, 6.07) is 9.87. The molecule has 68 valence electrons. The second kappa shape index (κ2) is 3.92. The maximum absolute atomic E-state index is 5.54. The Bertz CT molecular complexity index is 308. The van der Waals surface area contributed by atoms with Crippen LogP contribution in [0, 0.1) is 0 Å². The molecular formula is C10H10BrO2+. The van der Waals surface area contributed by atoms with Crippen LogP contribution in [0.4, 0.5) is 0 Å². The van der Waals surface area contributed by atoms with Gasteiger partial charge >= 0.3 is 5.97 Å². The van der Waals surface area contributed by atoms with Crippen LogP contribution in [-0.2, 0) is 4.74 Å². The maximum Gasteiger partial charge on any atom is 0.520 e. The smallest absolute Gasteiger partial charge is 0.311 e. The summed E-state index contributed by atoms with van der Waals surface area (Å²) in [5.74, 6) is 0.644. The Hall–Kier alpha value is -0.830. The number of esters is 1. The van der Waals surface area contributed by atoms with E-state index in [1.807, 2.05) is 30.3 Å². The highest BCUT2D eigenvalue weighted by molar-refractivity contribution is 9.09. The summed E-state index contributed by atoms with van der Waals surface area (Å²) in [6.07, 6.45) is 0.148. The van der Waals surface area contributed by atoms with Crippen LogP contribution >= 0.6 is 15.9 Å². The minimum atomic E-state index is 0.148. The highest BCUT2D eigenvalue weighted by Gasteiger charge is 2.33. The van der Waals surface area contributed by atoms with Gasteiger partial charge in [-0.15, -0.1) is 0 Å². The van der Waals surface area contributed by atoms with Gasteiger partial charge in [0, 0.05) is 0 Å². The van der Waals surface area contributed by atoms with E-state index in [1.165, 1.54) is 0 Å². The summed E-state index contributed by atoms with van der Waals surface area (Å²) in [4.78, 5) is 0. The molecule has 1 heterocycles. The zero-order chi connectivity index (χ0) is 9.10. The van der Waals surface area contributed by atoms with Gasteiger partial charge in [0.2, 0.25) is 6.61 Å². The van der Waals surface area contributed by atoms with Gasteiger partial charge in [-0.1, -0.05) is 34.1 Å². The molecule has 1 aliphatic rings. The number of ether oxygens (including phenoxy) is 1. The quantitative estimate of drug-likeness (QED) is 0.442. The molecule has 2 rings (SSSR count). The third-order valence-electron chi connectivity index (χ3n) is 1.86. The van der Waals surface area contributed by atoms with E-state index in [2.05, 4.69) is 15.9 Å². The molecule has 1 atom stereocenters. The van der Waals surface area contributed by atoms with Crippen molar-refractivity contribution in [3.05, 3.63) is 35.9 Å². The first-order valence-electron chi connectivity index (χ1n) is 4.18. The number of rotatable bonds is 2. The number of cyclic esters (lactones) is 1. The van der Waals surface area contributed by atoms with Gasteiger partial charge in [0.1, 0.15) is 5.56 Å². The Morgan fingerprint density at radius 1 is 1.38 bits per heavy atom. The second-order valence-corrected chi connectivity index (χ2v) is 3.51. The molecule has 3 heteroatoms. The number of benzene rings is 1. The molecule has 0 saturated heterocycles. The molecule has 1 aromatic carbocycles. The number of hydrogen-bond acceptors (Lipinski definition) is 1. The number of hydrogen-bond donors (Lipinski definition) is 0. The minimum Gasteiger partial charge on any atom is -0.311 e. The SMILES string of the molecule is BrCC1C[O+]=C(c2ccccc2)O1. The van der Waals surface area contributed by atoms with Crippen molar-refractivity contribution in [3.63, 3.8) is 0 Å². The Morgan fingerprint density at radius 3 is 2.77 bits per heavy atom. The molecule has 0 radical (unpaired) electrons. The van der Waals surface area contributed by atoms with Crippen molar-refractivity contribution in [1.82, 2.24) is 0 Å². The van der Waals surface area contributed by atoms with Gasteiger partial charge in [-0.3, -0.25) is 0 Å². The van der Waals surface area contributed by atoms with Crippen molar-refractivity contribution in [2.24, 2.45) is 0 Å². The largest absolute Gasteiger partial charge is 0.520 e. The summed E-state index contributed by atoms with van der Waals surface area (Å²) in [7, 11) is 0. The van der Waals surface area contributed by atoms with Gasteiger partial charge in [0.15, 0.2) is 0 Å². The van der Waals surface area contributed by atoms with Gasteiger partial charge < -0.3 is 9.16 Å². The number of alkyl halides is 1. The lowest BCUT2D eigenvalue weighted by molar-refractivity contribution is -0.259. The molecule has 0 saturated carbocycles. The molecule has 1 unspecified atom stereocenters. The van der Waals surface area contributed by atoms with Gasteiger partial charge in [0.05, 0.1) is 5.33 Å². The molecule has 1 aromatic rings. The van der Waals surface area contributed by atoms with Gasteiger partial charge in [-0.05, 0) is 12.1 Å². The van der Waals surface area contributed by atoms with Crippen LogP contribution in [0.25, 0.3) is 0 Å². The Morgan fingerprint density at radius 2 is 2.15 bits per heavy atom. The van der Waals surface area contributed by atoms with Crippen LogP contribution in [0.15, 0.2) is 30.3 Å². The topological polar surface area (TPSA) is 20.5 Å². The average molecular weight is 242 g/mol. The Balaban J connectivity index is 2.12. The van der Waals surface area contributed by atoms with Crippen LogP contribution in [-0.4, -0.2) is 24.0 Å². The summed E-state index contributed by atoms with van der Waals surface area (Å²) in [6.45, 7) is 0.634. The molecule has 0 fully saturated rings. The summed E-state index contributed by atoms with van der Waals surface area (Å²) in [5.41, 5.74) is 1.01. The predicted molar refractivity (Wildman–Crippen MR) is 54.3 cm³/mol. The van der Waals surface area contributed by atoms with Crippen molar-refractivity contribution in [2.75, 3.05) is 11.9 Å². The van der Waals surface area contributed by atoms with Gasteiger partial charge in [-0.25, -0.2) is 0 Å². The van der Waals surface area contributed by atoms with Crippen molar-refractivity contribution in [2.45, 2.75) is 6.10 Å². The van der Waals surface area contributed by atoms with E-state index in [9.17, 15) is 0 Å². The molecule has 0 aromatic heterocycles. The van der Waals surface area contributed by atoms with Crippen molar-refractivity contribution < 1.29 is 9.16 Å². The Labute approximate surface area is 85.3 Å². The maximum atomic E-state index is 5.54. The molecular weight excluding hydrogens is 232 g/mol. The van der Waals surface area contributed by atoms with Crippen LogP contribution in [0.2, 0.25) is 0 Å². The third kappa shape index (κ3) is 1.91. The molecule has 0 aliphatic carbocycles. The average Bonchev–Trinajstić information content (AvgIpc) is 2.67. The molecule has 0 amide bonds. The van der Waals surface area contributed by atoms with Gasteiger partial charge in [-0.2, -0.15) is 0 Å².